The number of nitrogens with zero attached hydrogens (tertiary/aromatic N) is 3. The molecular formula is C22H26F2N4O4. The van der Waals surface area contributed by atoms with Crippen LogP contribution in [0.25, 0.3) is 11.3 Å². The van der Waals surface area contributed by atoms with Gasteiger partial charge in [-0.1, -0.05) is 0 Å². The van der Waals surface area contributed by atoms with E-state index in [0.29, 0.717) is 0 Å². The van der Waals surface area contributed by atoms with Gasteiger partial charge < -0.3 is 9.47 Å². The van der Waals surface area contributed by atoms with E-state index in [2.05, 4.69) is 10.4 Å². The van der Waals surface area contributed by atoms with E-state index in [9.17, 15) is 23.6 Å². The molecule has 0 aliphatic heterocycles. The Bertz CT molecular complexity index is 1070. The Balaban J connectivity index is 2.54. The minimum Gasteiger partial charge on any atom is -0.466 e. The average Bonchev–Trinajstić information content (AvgIpc) is 3.01. The Morgan fingerprint density at radius 2 is 1.91 bits per heavy atom. The quantitative estimate of drug-likeness (QED) is 0.640. The number of nitrogens with one attached hydrogen (secondary N) is 1. The van der Waals surface area contributed by atoms with Crippen LogP contribution in [0, 0.1) is 23.0 Å². The highest BCUT2D eigenvalue weighted by Crippen LogP contribution is 2.33. The molecule has 1 aromatic carbocycles. The number of nitriles is 1. The van der Waals surface area contributed by atoms with Crippen LogP contribution in [-0.2, 0) is 20.7 Å². The summed E-state index contributed by atoms with van der Waals surface area (Å²) in [5, 5.41) is 16.5. The number of hydrogen-bond donors (Lipinski definition) is 1. The SMILES string of the molecule is CCOC(=O)Cc1cc(F)c(-c2nn(C(C)C)c(NC(=O)OC(C)(C)C)c2C#N)cc1F. The molecule has 0 bridgehead atoms. The minimum atomic E-state index is -0.876. The van der Waals surface area contributed by atoms with Crippen LogP contribution in [0.5, 0.6) is 0 Å². The van der Waals surface area contributed by atoms with Crippen molar-refractivity contribution in [3.63, 3.8) is 0 Å². The third kappa shape index (κ3) is 5.81. The number of hydrogen-bond acceptors (Lipinski definition) is 6. The summed E-state index contributed by atoms with van der Waals surface area (Å²) in [5.74, 6) is -2.41. The number of esters is 1. The van der Waals surface area contributed by atoms with Gasteiger partial charge in [-0.3, -0.25) is 10.1 Å². The third-order valence-corrected chi connectivity index (χ3v) is 4.16. The second kappa shape index (κ2) is 9.77. The lowest BCUT2D eigenvalue weighted by Crippen LogP contribution is -2.28. The Morgan fingerprint density at radius 3 is 2.44 bits per heavy atom. The summed E-state index contributed by atoms with van der Waals surface area (Å²) in [5.41, 5.74) is -1.55. The molecule has 0 spiro atoms. The van der Waals surface area contributed by atoms with E-state index < -0.39 is 35.7 Å². The van der Waals surface area contributed by atoms with E-state index in [4.69, 9.17) is 9.47 Å². The average molecular weight is 448 g/mol. The van der Waals surface area contributed by atoms with E-state index in [-0.39, 0.29) is 40.9 Å². The number of ether oxygens (including phenoxy) is 2. The lowest BCUT2D eigenvalue weighted by Gasteiger charge is -2.20. The van der Waals surface area contributed by atoms with E-state index >= 15 is 0 Å². The van der Waals surface area contributed by atoms with Crippen molar-refractivity contribution in [1.29, 1.82) is 5.26 Å². The van der Waals surface area contributed by atoms with Gasteiger partial charge >= 0.3 is 12.1 Å². The molecule has 0 fully saturated rings. The molecule has 1 N–H and O–H groups in total. The molecule has 1 amide bonds. The topological polar surface area (TPSA) is 106 Å². The fraction of sp³-hybridized carbons (Fsp3) is 0.455. The minimum absolute atomic E-state index is 0.00200. The fourth-order valence-electron chi connectivity index (χ4n) is 2.90. The van der Waals surface area contributed by atoms with Crippen LogP contribution in [0.1, 0.15) is 58.7 Å². The lowest BCUT2D eigenvalue weighted by atomic mass is 10.0. The molecular weight excluding hydrogens is 422 g/mol. The molecule has 0 aliphatic carbocycles. The van der Waals surface area contributed by atoms with Gasteiger partial charge in [-0.2, -0.15) is 10.4 Å². The zero-order valence-electron chi connectivity index (χ0n) is 18.9. The Kier molecular flexibility index (Phi) is 7.56. The van der Waals surface area contributed by atoms with Crippen LogP contribution < -0.4 is 5.32 Å². The summed E-state index contributed by atoms with van der Waals surface area (Å²) < 4.78 is 40.9. The number of aromatic nitrogens is 2. The van der Waals surface area contributed by atoms with Crippen molar-refractivity contribution in [2.75, 3.05) is 11.9 Å². The number of rotatable bonds is 6. The molecule has 2 rings (SSSR count). The molecule has 1 heterocycles. The number of anilines is 1. The molecule has 0 saturated carbocycles. The van der Waals surface area contributed by atoms with Crippen molar-refractivity contribution in [3.05, 3.63) is 34.9 Å². The molecule has 0 saturated heterocycles. The van der Waals surface area contributed by atoms with Gasteiger partial charge in [0.25, 0.3) is 0 Å². The predicted molar refractivity (Wildman–Crippen MR) is 113 cm³/mol. The van der Waals surface area contributed by atoms with E-state index in [1.54, 1.807) is 41.5 Å². The normalized spacial score (nSPS) is 11.2. The zero-order chi connectivity index (χ0) is 24.2. The number of benzene rings is 1. The van der Waals surface area contributed by atoms with Crippen molar-refractivity contribution >= 4 is 17.9 Å². The summed E-state index contributed by atoms with van der Waals surface area (Å²) in [7, 11) is 0. The van der Waals surface area contributed by atoms with Gasteiger partial charge in [-0.15, -0.1) is 0 Å². The lowest BCUT2D eigenvalue weighted by molar-refractivity contribution is -0.142. The van der Waals surface area contributed by atoms with Gasteiger partial charge in [-0.05, 0) is 53.7 Å². The van der Waals surface area contributed by atoms with Crippen LogP contribution >= 0.6 is 0 Å². The van der Waals surface area contributed by atoms with Gasteiger partial charge in [0.05, 0.1) is 13.0 Å². The van der Waals surface area contributed by atoms with Gasteiger partial charge in [0.1, 0.15) is 34.6 Å². The van der Waals surface area contributed by atoms with Crippen LogP contribution in [-0.4, -0.2) is 34.1 Å². The monoisotopic (exact) mass is 448 g/mol. The first-order chi connectivity index (χ1) is 14.9. The molecule has 0 radical (unpaired) electrons. The number of amides is 1. The molecule has 0 unspecified atom stereocenters. The molecule has 0 atom stereocenters. The van der Waals surface area contributed by atoms with Gasteiger partial charge in [0.15, 0.2) is 5.82 Å². The first-order valence-electron chi connectivity index (χ1n) is 10.0. The largest absolute Gasteiger partial charge is 0.466 e. The van der Waals surface area contributed by atoms with Gasteiger partial charge in [0, 0.05) is 17.2 Å². The summed E-state index contributed by atoms with van der Waals surface area (Å²) in [6.07, 6.45) is -1.26. The smallest absolute Gasteiger partial charge is 0.413 e. The van der Waals surface area contributed by atoms with Crippen LogP contribution in [0.15, 0.2) is 12.1 Å². The van der Waals surface area contributed by atoms with Gasteiger partial charge in [0.2, 0.25) is 0 Å². The highest BCUT2D eigenvalue weighted by atomic mass is 19.1. The van der Waals surface area contributed by atoms with E-state index in [1.807, 2.05) is 6.07 Å². The maximum atomic E-state index is 14.9. The number of carbonyl (C=O) groups excluding carboxylic acids is 2. The van der Waals surface area contributed by atoms with Gasteiger partial charge in [-0.25, -0.2) is 18.3 Å². The first kappa shape index (κ1) is 24.8. The summed E-state index contributed by atoms with van der Waals surface area (Å²) >= 11 is 0. The molecule has 2 aromatic rings. The van der Waals surface area contributed by atoms with Crippen molar-refractivity contribution in [2.45, 2.75) is 59.6 Å². The Morgan fingerprint density at radius 1 is 1.25 bits per heavy atom. The molecule has 32 heavy (non-hydrogen) atoms. The van der Waals surface area contributed by atoms with Crippen molar-refractivity contribution < 1.29 is 27.8 Å². The molecule has 8 nitrogen and oxygen atoms in total. The van der Waals surface area contributed by atoms with E-state index in [1.165, 1.54) is 4.68 Å². The third-order valence-electron chi connectivity index (χ3n) is 4.16. The maximum absolute atomic E-state index is 14.9. The fourth-order valence-corrected chi connectivity index (χ4v) is 2.90. The molecule has 0 aliphatic rings. The van der Waals surface area contributed by atoms with Crippen molar-refractivity contribution in [1.82, 2.24) is 9.78 Å². The van der Waals surface area contributed by atoms with Crippen molar-refractivity contribution in [2.24, 2.45) is 0 Å². The molecule has 10 heteroatoms. The zero-order valence-corrected chi connectivity index (χ0v) is 18.9. The summed E-state index contributed by atoms with van der Waals surface area (Å²) in [6.45, 7) is 10.3. The predicted octanol–water partition coefficient (Wildman–Crippen LogP) is 4.73. The highest BCUT2D eigenvalue weighted by Gasteiger charge is 2.27. The standard InChI is InChI=1S/C22H26F2N4O4/c1-7-31-18(29)9-13-8-17(24)14(10-16(13)23)19-15(11-25)20(28(27-19)12(2)3)26-21(30)32-22(4,5)6/h8,10,12H,7,9H2,1-6H3,(H,26,30). The summed E-state index contributed by atoms with van der Waals surface area (Å²) in [4.78, 5) is 23.9. The van der Waals surface area contributed by atoms with Crippen LogP contribution in [0.4, 0.5) is 19.4 Å². The van der Waals surface area contributed by atoms with Crippen LogP contribution in [0.3, 0.4) is 0 Å². The first-order valence-corrected chi connectivity index (χ1v) is 10.0. The summed E-state index contributed by atoms with van der Waals surface area (Å²) in [6, 6.07) is 3.32. The highest BCUT2D eigenvalue weighted by molar-refractivity contribution is 5.88. The van der Waals surface area contributed by atoms with Crippen LogP contribution in [0.2, 0.25) is 0 Å². The maximum Gasteiger partial charge on any atom is 0.413 e. The second-order valence-corrected chi connectivity index (χ2v) is 8.25. The number of halogens is 2. The van der Waals surface area contributed by atoms with E-state index in [0.717, 1.165) is 12.1 Å². The Hall–Kier alpha value is -3.48. The second-order valence-electron chi connectivity index (χ2n) is 8.25. The van der Waals surface area contributed by atoms with Crippen molar-refractivity contribution in [3.8, 4) is 17.3 Å². The molecule has 1 aromatic heterocycles. The number of carbonyl (C=O) groups is 2. The molecule has 172 valence electrons. The Labute approximate surface area is 185 Å².